The largest absolute Gasteiger partial charge is 0.481 e. The smallest absolute Gasteiger partial charge is 0.306 e. The number of rotatable bonds is 2. The molecule has 3 nitrogen and oxygen atoms in total. The first-order valence-electron chi connectivity index (χ1n) is 5.49. The second-order valence-electron chi connectivity index (χ2n) is 4.14. The predicted octanol–water partition coefficient (Wildman–Crippen LogP) is 3.06. The molecule has 1 N–H and O–H groups in total. The zero-order valence-electron chi connectivity index (χ0n) is 9.05. The van der Waals surface area contributed by atoms with Gasteiger partial charge in [-0.05, 0) is 30.7 Å². The molecule has 0 unspecified atom stereocenters. The number of fused-ring (bicyclic) bond motifs is 1. The fraction of sp³-hybridized carbons (Fsp3) is 0.333. The standard InChI is InChI=1S/C12H11NO2S2/c14-12(15)7-3-4-8-10(6-7)17-11(13-8)9-2-1-5-16-9/h1-2,5,7H,3-4,6H2,(H,14,15)/t7-/m1/s1. The molecule has 0 fully saturated rings. The number of hydrogen-bond acceptors (Lipinski definition) is 4. The van der Waals surface area contributed by atoms with E-state index < -0.39 is 5.97 Å². The van der Waals surface area contributed by atoms with Gasteiger partial charge in [-0.1, -0.05) is 6.07 Å². The van der Waals surface area contributed by atoms with Gasteiger partial charge in [-0.25, -0.2) is 4.98 Å². The predicted molar refractivity (Wildman–Crippen MR) is 68.6 cm³/mol. The number of carboxylic acid groups (broad SMARTS) is 1. The van der Waals surface area contributed by atoms with E-state index in [-0.39, 0.29) is 5.92 Å². The van der Waals surface area contributed by atoms with Crippen LogP contribution in [-0.4, -0.2) is 16.1 Å². The molecular weight excluding hydrogens is 254 g/mol. The summed E-state index contributed by atoms with van der Waals surface area (Å²) in [4.78, 5) is 17.9. The molecule has 0 radical (unpaired) electrons. The Labute approximate surface area is 107 Å². The van der Waals surface area contributed by atoms with E-state index in [9.17, 15) is 4.79 Å². The minimum Gasteiger partial charge on any atom is -0.481 e. The lowest BCUT2D eigenvalue weighted by molar-refractivity contribution is -0.142. The molecule has 0 aromatic carbocycles. The summed E-state index contributed by atoms with van der Waals surface area (Å²) < 4.78 is 0. The van der Waals surface area contributed by atoms with E-state index in [4.69, 9.17) is 5.11 Å². The van der Waals surface area contributed by atoms with Crippen molar-refractivity contribution in [2.75, 3.05) is 0 Å². The molecule has 5 heteroatoms. The van der Waals surface area contributed by atoms with Gasteiger partial charge < -0.3 is 5.11 Å². The van der Waals surface area contributed by atoms with E-state index in [0.29, 0.717) is 6.42 Å². The van der Waals surface area contributed by atoms with Crippen molar-refractivity contribution in [1.29, 1.82) is 0 Å². The van der Waals surface area contributed by atoms with Crippen molar-refractivity contribution in [3.8, 4) is 9.88 Å². The minimum absolute atomic E-state index is 0.223. The van der Waals surface area contributed by atoms with E-state index in [1.807, 2.05) is 11.4 Å². The second kappa shape index (κ2) is 4.23. The van der Waals surface area contributed by atoms with Crippen molar-refractivity contribution < 1.29 is 9.90 Å². The highest BCUT2D eigenvalue weighted by Gasteiger charge is 2.27. The molecule has 0 saturated heterocycles. The fourth-order valence-corrected chi connectivity index (χ4v) is 4.08. The summed E-state index contributed by atoms with van der Waals surface area (Å²) in [5, 5.41) is 12.1. The zero-order chi connectivity index (χ0) is 11.8. The quantitative estimate of drug-likeness (QED) is 0.908. The molecule has 1 atom stereocenters. The van der Waals surface area contributed by atoms with Crippen LogP contribution in [0.25, 0.3) is 9.88 Å². The average molecular weight is 265 g/mol. The highest BCUT2D eigenvalue weighted by Crippen LogP contribution is 2.36. The summed E-state index contributed by atoms with van der Waals surface area (Å²) in [7, 11) is 0. The fourth-order valence-electron chi connectivity index (χ4n) is 2.09. The molecule has 2 aromatic rings. The Morgan fingerprint density at radius 1 is 1.53 bits per heavy atom. The molecule has 17 heavy (non-hydrogen) atoms. The van der Waals surface area contributed by atoms with Crippen LogP contribution in [0.4, 0.5) is 0 Å². The van der Waals surface area contributed by atoms with Crippen molar-refractivity contribution >= 4 is 28.6 Å². The number of nitrogens with zero attached hydrogens (tertiary/aromatic N) is 1. The van der Waals surface area contributed by atoms with Gasteiger partial charge in [-0.2, -0.15) is 0 Å². The lowest BCUT2D eigenvalue weighted by Crippen LogP contribution is -2.21. The van der Waals surface area contributed by atoms with Crippen LogP contribution < -0.4 is 0 Å². The second-order valence-corrected chi connectivity index (χ2v) is 6.18. The number of aromatic nitrogens is 1. The first-order valence-corrected chi connectivity index (χ1v) is 7.19. The number of thiazole rings is 1. The first-order chi connectivity index (χ1) is 8.24. The highest BCUT2D eigenvalue weighted by atomic mass is 32.1. The SMILES string of the molecule is O=C(O)[C@@H]1CCc2nc(-c3cccs3)sc2C1. The monoisotopic (exact) mass is 265 g/mol. The van der Waals surface area contributed by atoms with Gasteiger partial charge in [0.15, 0.2) is 0 Å². The van der Waals surface area contributed by atoms with Gasteiger partial charge in [-0.15, -0.1) is 22.7 Å². The highest BCUT2D eigenvalue weighted by molar-refractivity contribution is 7.21. The Balaban J connectivity index is 1.92. The van der Waals surface area contributed by atoms with E-state index in [2.05, 4.69) is 11.1 Å². The van der Waals surface area contributed by atoms with Crippen LogP contribution in [0.3, 0.4) is 0 Å². The summed E-state index contributed by atoms with van der Waals surface area (Å²) in [6.45, 7) is 0. The Bertz CT molecular complexity index is 545. The summed E-state index contributed by atoms with van der Waals surface area (Å²) in [6, 6.07) is 4.07. The van der Waals surface area contributed by atoms with Gasteiger partial charge in [0.2, 0.25) is 0 Å². The maximum absolute atomic E-state index is 11.0. The molecule has 0 aliphatic heterocycles. The first kappa shape index (κ1) is 10.9. The number of hydrogen-bond donors (Lipinski definition) is 1. The van der Waals surface area contributed by atoms with Crippen molar-refractivity contribution in [3.05, 3.63) is 28.1 Å². The van der Waals surface area contributed by atoms with Gasteiger partial charge in [0.25, 0.3) is 0 Å². The summed E-state index contributed by atoms with van der Waals surface area (Å²) in [5.41, 5.74) is 1.11. The molecule has 0 spiro atoms. The van der Waals surface area contributed by atoms with Crippen LogP contribution in [0.5, 0.6) is 0 Å². The third-order valence-electron chi connectivity index (χ3n) is 3.02. The summed E-state index contributed by atoms with van der Waals surface area (Å²) >= 11 is 3.33. The van der Waals surface area contributed by atoms with E-state index in [1.165, 1.54) is 4.88 Å². The summed E-state index contributed by atoms with van der Waals surface area (Å²) in [6.07, 6.45) is 2.16. The molecule has 0 amide bonds. The van der Waals surface area contributed by atoms with Crippen LogP contribution in [0.1, 0.15) is 17.0 Å². The van der Waals surface area contributed by atoms with Gasteiger partial charge in [0.05, 0.1) is 16.5 Å². The molecule has 1 aliphatic carbocycles. The van der Waals surface area contributed by atoms with E-state index >= 15 is 0 Å². The molecule has 1 aliphatic rings. The Morgan fingerprint density at radius 3 is 3.12 bits per heavy atom. The van der Waals surface area contributed by atoms with Crippen molar-refractivity contribution in [2.24, 2.45) is 5.92 Å². The molecule has 88 valence electrons. The topological polar surface area (TPSA) is 50.2 Å². The number of carboxylic acids is 1. The van der Waals surface area contributed by atoms with Crippen molar-refractivity contribution in [2.45, 2.75) is 19.3 Å². The molecule has 3 rings (SSSR count). The van der Waals surface area contributed by atoms with Gasteiger partial charge >= 0.3 is 5.97 Å². The molecule has 2 aromatic heterocycles. The van der Waals surface area contributed by atoms with Crippen LogP contribution in [0.2, 0.25) is 0 Å². The summed E-state index contributed by atoms with van der Waals surface area (Å²) in [5.74, 6) is -0.902. The van der Waals surface area contributed by atoms with Crippen LogP contribution in [-0.2, 0) is 17.6 Å². The van der Waals surface area contributed by atoms with Gasteiger partial charge in [0.1, 0.15) is 5.01 Å². The lowest BCUT2D eigenvalue weighted by Gasteiger charge is -2.16. The van der Waals surface area contributed by atoms with Crippen molar-refractivity contribution in [3.63, 3.8) is 0 Å². The van der Waals surface area contributed by atoms with Gasteiger partial charge in [0, 0.05) is 4.88 Å². The Kier molecular flexibility index (Phi) is 2.72. The molecule has 0 saturated carbocycles. The lowest BCUT2D eigenvalue weighted by atomic mass is 9.91. The number of aliphatic carboxylic acids is 1. The Morgan fingerprint density at radius 2 is 2.41 bits per heavy atom. The maximum atomic E-state index is 11.0. The molecule has 2 heterocycles. The molecule has 0 bridgehead atoms. The third kappa shape index (κ3) is 2.00. The number of thiophene rings is 1. The normalized spacial score (nSPS) is 18.9. The Hall–Kier alpha value is -1.20. The van der Waals surface area contributed by atoms with Gasteiger partial charge in [-0.3, -0.25) is 4.79 Å². The average Bonchev–Trinajstić information content (AvgIpc) is 2.96. The zero-order valence-corrected chi connectivity index (χ0v) is 10.7. The third-order valence-corrected chi connectivity index (χ3v) is 5.18. The maximum Gasteiger partial charge on any atom is 0.306 e. The van der Waals surface area contributed by atoms with Crippen LogP contribution >= 0.6 is 22.7 Å². The molecular formula is C12H11NO2S2. The van der Waals surface area contributed by atoms with Crippen LogP contribution in [0.15, 0.2) is 17.5 Å². The number of carbonyl (C=O) groups is 1. The van der Waals surface area contributed by atoms with E-state index in [1.54, 1.807) is 22.7 Å². The number of aryl methyl sites for hydroxylation is 1. The van der Waals surface area contributed by atoms with E-state index in [0.717, 1.165) is 28.4 Å². The van der Waals surface area contributed by atoms with Crippen LogP contribution in [0, 0.1) is 5.92 Å². The van der Waals surface area contributed by atoms with Crippen molar-refractivity contribution in [1.82, 2.24) is 4.98 Å². The minimum atomic E-state index is -0.679.